The number of rotatable bonds is 3. The van der Waals surface area contributed by atoms with Crippen LogP contribution in [0.15, 0.2) is 47.2 Å². The van der Waals surface area contributed by atoms with E-state index in [1.165, 1.54) is 0 Å². The van der Waals surface area contributed by atoms with Crippen LogP contribution in [0.25, 0.3) is 11.5 Å². The fourth-order valence-electron chi connectivity index (χ4n) is 3.30. The SMILES string of the molecule is Cc1nc(-c2ccccn2)nc(N2CCCC2c2ccco2)c1C. The normalized spacial score (nSPS) is 17.4. The van der Waals surface area contributed by atoms with Gasteiger partial charge in [-0.25, -0.2) is 9.97 Å². The maximum absolute atomic E-state index is 5.66. The minimum atomic E-state index is 0.240. The van der Waals surface area contributed by atoms with Gasteiger partial charge in [-0.05, 0) is 51.0 Å². The Hall–Kier alpha value is -2.69. The molecule has 3 aromatic rings. The summed E-state index contributed by atoms with van der Waals surface area (Å²) in [5, 5.41) is 0. The van der Waals surface area contributed by atoms with Crippen molar-refractivity contribution >= 4 is 5.82 Å². The smallest absolute Gasteiger partial charge is 0.180 e. The minimum absolute atomic E-state index is 0.240. The summed E-state index contributed by atoms with van der Waals surface area (Å²) in [5.74, 6) is 2.67. The molecule has 0 N–H and O–H groups in total. The third-order valence-electron chi connectivity index (χ3n) is 4.65. The van der Waals surface area contributed by atoms with Crippen LogP contribution in [-0.2, 0) is 0 Å². The van der Waals surface area contributed by atoms with E-state index in [0.29, 0.717) is 5.82 Å². The van der Waals surface area contributed by atoms with E-state index >= 15 is 0 Å². The quantitative estimate of drug-likeness (QED) is 0.727. The number of hydrogen-bond acceptors (Lipinski definition) is 5. The maximum Gasteiger partial charge on any atom is 0.180 e. The lowest BCUT2D eigenvalue weighted by molar-refractivity contribution is 0.464. The van der Waals surface area contributed by atoms with Crippen LogP contribution in [-0.4, -0.2) is 21.5 Å². The van der Waals surface area contributed by atoms with Gasteiger partial charge < -0.3 is 9.32 Å². The maximum atomic E-state index is 5.66. The molecule has 5 heteroatoms. The average molecular weight is 320 g/mol. The Morgan fingerprint density at radius 2 is 2.04 bits per heavy atom. The molecule has 1 aliphatic rings. The highest BCUT2D eigenvalue weighted by molar-refractivity contribution is 5.58. The Balaban J connectivity index is 1.78. The number of pyridine rings is 1. The van der Waals surface area contributed by atoms with E-state index in [4.69, 9.17) is 9.40 Å². The topological polar surface area (TPSA) is 55.1 Å². The van der Waals surface area contributed by atoms with E-state index in [1.54, 1.807) is 12.5 Å². The lowest BCUT2D eigenvalue weighted by atomic mass is 10.1. The van der Waals surface area contributed by atoms with Gasteiger partial charge in [0.2, 0.25) is 0 Å². The van der Waals surface area contributed by atoms with Gasteiger partial charge >= 0.3 is 0 Å². The molecule has 1 fully saturated rings. The van der Waals surface area contributed by atoms with Gasteiger partial charge in [0.05, 0.1) is 12.3 Å². The van der Waals surface area contributed by atoms with Crippen LogP contribution in [0.3, 0.4) is 0 Å². The van der Waals surface area contributed by atoms with Crippen molar-refractivity contribution in [2.45, 2.75) is 32.7 Å². The van der Waals surface area contributed by atoms with Crippen molar-refractivity contribution < 1.29 is 4.42 Å². The van der Waals surface area contributed by atoms with Crippen molar-refractivity contribution in [3.05, 3.63) is 59.8 Å². The second-order valence-electron chi connectivity index (χ2n) is 6.16. The van der Waals surface area contributed by atoms with Crippen LogP contribution in [0.5, 0.6) is 0 Å². The lowest BCUT2D eigenvalue weighted by Crippen LogP contribution is -2.25. The number of anilines is 1. The summed E-state index contributed by atoms with van der Waals surface area (Å²) in [6.45, 7) is 5.10. The van der Waals surface area contributed by atoms with E-state index in [1.807, 2.05) is 37.3 Å². The van der Waals surface area contributed by atoms with Crippen LogP contribution in [0.4, 0.5) is 5.82 Å². The molecule has 0 saturated carbocycles. The van der Waals surface area contributed by atoms with Crippen LogP contribution in [0, 0.1) is 13.8 Å². The van der Waals surface area contributed by atoms with Crippen LogP contribution >= 0.6 is 0 Å². The van der Waals surface area contributed by atoms with Gasteiger partial charge in [0.1, 0.15) is 17.3 Å². The molecule has 122 valence electrons. The Labute approximate surface area is 141 Å². The van der Waals surface area contributed by atoms with Crippen LogP contribution in [0.1, 0.15) is 35.9 Å². The molecule has 3 aromatic heterocycles. The predicted molar refractivity (Wildman–Crippen MR) is 92.8 cm³/mol. The molecule has 0 aliphatic carbocycles. The highest BCUT2D eigenvalue weighted by atomic mass is 16.3. The first kappa shape index (κ1) is 14.9. The first-order valence-electron chi connectivity index (χ1n) is 8.31. The standard InChI is InChI=1S/C19H20N4O/c1-13-14(2)21-18(15-7-3-4-10-20-15)22-19(13)23-11-5-8-16(23)17-9-6-12-24-17/h3-4,6-7,9-10,12,16H,5,8,11H2,1-2H3. The van der Waals surface area contributed by atoms with Crippen LogP contribution < -0.4 is 4.90 Å². The molecule has 0 aromatic carbocycles. The number of hydrogen-bond donors (Lipinski definition) is 0. The highest BCUT2D eigenvalue weighted by Gasteiger charge is 2.31. The van der Waals surface area contributed by atoms with E-state index < -0.39 is 0 Å². The Morgan fingerprint density at radius 3 is 2.79 bits per heavy atom. The fourth-order valence-corrected chi connectivity index (χ4v) is 3.30. The molecular weight excluding hydrogens is 300 g/mol. The van der Waals surface area contributed by atoms with E-state index in [9.17, 15) is 0 Å². The van der Waals surface area contributed by atoms with Crippen molar-refractivity contribution in [2.24, 2.45) is 0 Å². The van der Waals surface area contributed by atoms with Crippen molar-refractivity contribution in [1.29, 1.82) is 0 Å². The van der Waals surface area contributed by atoms with Gasteiger partial charge in [0.15, 0.2) is 5.82 Å². The van der Waals surface area contributed by atoms with Gasteiger partial charge in [-0.2, -0.15) is 0 Å². The van der Waals surface area contributed by atoms with E-state index in [0.717, 1.165) is 47.9 Å². The molecule has 1 aliphatic heterocycles. The highest BCUT2D eigenvalue weighted by Crippen LogP contribution is 2.37. The molecule has 0 amide bonds. The molecule has 0 radical (unpaired) electrons. The summed E-state index contributed by atoms with van der Waals surface area (Å²) in [5.41, 5.74) is 2.91. The summed E-state index contributed by atoms with van der Waals surface area (Å²) in [4.78, 5) is 16.2. The summed E-state index contributed by atoms with van der Waals surface area (Å²) >= 11 is 0. The third-order valence-corrected chi connectivity index (χ3v) is 4.65. The number of aryl methyl sites for hydroxylation is 1. The molecule has 0 bridgehead atoms. The summed E-state index contributed by atoms with van der Waals surface area (Å²) in [6.07, 6.45) is 5.72. The predicted octanol–water partition coefficient (Wildman–Crippen LogP) is 4.09. The molecule has 0 spiro atoms. The molecule has 1 saturated heterocycles. The third kappa shape index (κ3) is 2.56. The Kier molecular flexibility index (Phi) is 3.76. The molecule has 4 rings (SSSR count). The largest absolute Gasteiger partial charge is 0.467 e. The molecule has 5 nitrogen and oxygen atoms in total. The summed E-state index contributed by atoms with van der Waals surface area (Å²) < 4.78 is 5.66. The zero-order valence-corrected chi connectivity index (χ0v) is 13.9. The molecule has 24 heavy (non-hydrogen) atoms. The Morgan fingerprint density at radius 1 is 1.12 bits per heavy atom. The number of nitrogens with zero attached hydrogens (tertiary/aromatic N) is 4. The number of aromatic nitrogens is 3. The van der Waals surface area contributed by atoms with Gasteiger partial charge in [0.25, 0.3) is 0 Å². The van der Waals surface area contributed by atoms with Crippen molar-refractivity contribution in [1.82, 2.24) is 15.0 Å². The molecular formula is C19H20N4O. The monoisotopic (exact) mass is 320 g/mol. The van der Waals surface area contributed by atoms with Crippen molar-refractivity contribution in [3.8, 4) is 11.5 Å². The first-order chi connectivity index (χ1) is 11.7. The second kappa shape index (κ2) is 6.07. The fraction of sp³-hybridized carbons (Fsp3) is 0.316. The van der Waals surface area contributed by atoms with Gasteiger partial charge in [0, 0.05) is 24.0 Å². The van der Waals surface area contributed by atoms with Gasteiger partial charge in [-0.1, -0.05) is 6.07 Å². The van der Waals surface area contributed by atoms with E-state index in [2.05, 4.69) is 21.8 Å². The van der Waals surface area contributed by atoms with Crippen LogP contribution in [0.2, 0.25) is 0 Å². The molecule has 1 atom stereocenters. The van der Waals surface area contributed by atoms with Crippen molar-refractivity contribution in [2.75, 3.05) is 11.4 Å². The van der Waals surface area contributed by atoms with Gasteiger partial charge in [-0.15, -0.1) is 0 Å². The average Bonchev–Trinajstić information content (AvgIpc) is 3.28. The molecule has 4 heterocycles. The zero-order chi connectivity index (χ0) is 16.5. The zero-order valence-electron chi connectivity index (χ0n) is 13.9. The summed E-state index contributed by atoms with van der Waals surface area (Å²) in [7, 11) is 0. The summed E-state index contributed by atoms with van der Waals surface area (Å²) in [6, 6.07) is 10.0. The lowest BCUT2D eigenvalue weighted by Gasteiger charge is -2.26. The first-order valence-corrected chi connectivity index (χ1v) is 8.31. The Bertz CT molecular complexity index is 830. The van der Waals surface area contributed by atoms with Gasteiger partial charge in [-0.3, -0.25) is 4.98 Å². The van der Waals surface area contributed by atoms with E-state index in [-0.39, 0.29) is 6.04 Å². The minimum Gasteiger partial charge on any atom is -0.467 e. The molecule has 1 unspecified atom stereocenters. The van der Waals surface area contributed by atoms with Crippen molar-refractivity contribution in [3.63, 3.8) is 0 Å². The number of furan rings is 1. The second-order valence-corrected chi connectivity index (χ2v) is 6.16.